The van der Waals surface area contributed by atoms with Crippen LogP contribution in [0.3, 0.4) is 0 Å². The van der Waals surface area contributed by atoms with Gasteiger partial charge in [0.05, 0.1) is 6.54 Å². The van der Waals surface area contributed by atoms with Crippen molar-refractivity contribution in [3.8, 4) is 0 Å². The molecule has 17 heavy (non-hydrogen) atoms. The van der Waals surface area contributed by atoms with E-state index in [-0.39, 0.29) is 6.54 Å². The van der Waals surface area contributed by atoms with Crippen molar-refractivity contribution >= 4 is 5.97 Å². The summed E-state index contributed by atoms with van der Waals surface area (Å²) in [4.78, 5) is 15.2. The summed E-state index contributed by atoms with van der Waals surface area (Å²) < 4.78 is 0. The van der Waals surface area contributed by atoms with Gasteiger partial charge in [-0.1, -0.05) is 13.3 Å². The van der Waals surface area contributed by atoms with E-state index in [0.717, 1.165) is 25.9 Å². The van der Waals surface area contributed by atoms with Crippen LogP contribution in [0.15, 0.2) is 0 Å². The zero-order chi connectivity index (χ0) is 12.7. The number of nitrogens with zero attached hydrogens (tertiary/aromatic N) is 2. The van der Waals surface area contributed by atoms with Crippen LogP contribution in [-0.2, 0) is 4.79 Å². The molecule has 1 N–H and O–H groups in total. The van der Waals surface area contributed by atoms with Crippen molar-refractivity contribution in [3.05, 3.63) is 0 Å². The second kappa shape index (κ2) is 7.67. The first kappa shape index (κ1) is 14.5. The molecule has 0 aromatic heterocycles. The number of carboxylic acids is 1. The average molecular weight is 242 g/mol. The summed E-state index contributed by atoms with van der Waals surface area (Å²) in [6.45, 7) is 5.28. The van der Waals surface area contributed by atoms with E-state index in [0.29, 0.717) is 6.04 Å². The zero-order valence-electron chi connectivity index (χ0n) is 11.2. The predicted molar refractivity (Wildman–Crippen MR) is 69.3 cm³/mol. The minimum absolute atomic E-state index is 0.185. The molecule has 1 aliphatic rings. The van der Waals surface area contributed by atoms with Gasteiger partial charge in [0.15, 0.2) is 0 Å². The highest BCUT2D eigenvalue weighted by atomic mass is 16.4. The molecule has 0 radical (unpaired) electrons. The van der Waals surface area contributed by atoms with E-state index in [2.05, 4.69) is 23.8 Å². The molecule has 0 amide bonds. The Balaban J connectivity index is 2.31. The summed E-state index contributed by atoms with van der Waals surface area (Å²) in [5, 5.41) is 8.85. The van der Waals surface area contributed by atoms with Crippen molar-refractivity contribution in [2.75, 3.05) is 33.2 Å². The summed E-state index contributed by atoms with van der Waals surface area (Å²) in [6.07, 6.45) is 6.02. The molecular formula is C13H26N2O2. The first-order valence-corrected chi connectivity index (χ1v) is 6.78. The van der Waals surface area contributed by atoms with Crippen LogP contribution >= 0.6 is 0 Å². The summed E-state index contributed by atoms with van der Waals surface area (Å²) in [5.74, 6) is -0.713. The molecular weight excluding hydrogens is 216 g/mol. The molecule has 0 aromatic carbocycles. The largest absolute Gasteiger partial charge is 0.480 e. The minimum atomic E-state index is -0.713. The molecule has 1 saturated heterocycles. The SMILES string of the molecule is CCCN(CCC1CCCCN1C)CC(=O)O. The first-order valence-electron chi connectivity index (χ1n) is 6.78. The Kier molecular flexibility index (Phi) is 6.52. The smallest absolute Gasteiger partial charge is 0.317 e. The summed E-state index contributed by atoms with van der Waals surface area (Å²) in [5.41, 5.74) is 0. The van der Waals surface area contributed by atoms with Gasteiger partial charge in [0.25, 0.3) is 0 Å². The van der Waals surface area contributed by atoms with Crippen molar-refractivity contribution in [3.63, 3.8) is 0 Å². The molecule has 1 heterocycles. The van der Waals surface area contributed by atoms with Crippen LogP contribution in [0, 0.1) is 0 Å². The molecule has 100 valence electrons. The van der Waals surface area contributed by atoms with Crippen LogP contribution in [0.1, 0.15) is 39.0 Å². The number of rotatable bonds is 7. The molecule has 0 bridgehead atoms. The van der Waals surface area contributed by atoms with E-state index < -0.39 is 5.97 Å². The molecule has 1 atom stereocenters. The lowest BCUT2D eigenvalue weighted by molar-refractivity contribution is -0.138. The molecule has 0 saturated carbocycles. The summed E-state index contributed by atoms with van der Waals surface area (Å²) >= 11 is 0. The van der Waals surface area contributed by atoms with Crippen molar-refractivity contribution in [1.82, 2.24) is 9.80 Å². The maximum Gasteiger partial charge on any atom is 0.317 e. The monoisotopic (exact) mass is 242 g/mol. The third-order valence-electron chi connectivity index (χ3n) is 3.60. The van der Waals surface area contributed by atoms with Crippen LogP contribution in [0.4, 0.5) is 0 Å². The Morgan fingerprint density at radius 2 is 2.18 bits per heavy atom. The van der Waals surface area contributed by atoms with Gasteiger partial charge in [0, 0.05) is 12.6 Å². The second-order valence-corrected chi connectivity index (χ2v) is 5.09. The lowest BCUT2D eigenvalue weighted by Crippen LogP contribution is -2.40. The predicted octanol–water partition coefficient (Wildman–Crippen LogP) is 1.66. The molecule has 1 rings (SSSR count). The number of hydrogen-bond donors (Lipinski definition) is 1. The topological polar surface area (TPSA) is 43.8 Å². The Morgan fingerprint density at radius 3 is 2.76 bits per heavy atom. The highest BCUT2D eigenvalue weighted by Gasteiger charge is 2.19. The number of aliphatic carboxylic acids is 1. The fourth-order valence-corrected chi connectivity index (χ4v) is 2.62. The molecule has 0 spiro atoms. The molecule has 4 heteroatoms. The highest BCUT2D eigenvalue weighted by molar-refractivity contribution is 5.69. The number of likely N-dealkylation sites (tertiary alicyclic amines) is 1. The lowest BCUT2D eigenvalue weighted by Gasteiger charge is -2.33. The van der Waals surface area contributed by atoms with Crippen LogP contribution in [0.5, 0.6) is 0 Å². The van der Waals surface area contributed by atoms with E-state index in [1.807, 2.05) is 0 Å². The van der Waals surface area contributed by atoms with E-state index >= 15 is 0 Å². The Morgan fingerprint density at radius 1 is 1.41 bits per heavy atom. The van der Waals surface area contributed by atoms with E-state index in [1.54, 1.807) is 0 Å². The third-order valence-corrected chi connectivity index (χ3v) is 3.60. The van der Waals surface area contributed by atoms with Crippen LogP contribution in [0.2, 0.25) is 0 Å². The number of carboxylic acid groups (broad SMARTS) is 1. The van der Waals surface area contributed by atoms with Gasteiger partial charge < -0.3 is 10.0 Å². The minimum Gasteiger partial charge on any atom is -0.480 e. The van der Waals surface area contributed by atoms with Gasteiger partial charge in [0.2, 0.25) is 0 Å². The van der Waals surface area contributed by atoms with Crippen molar-refractivity contribution in [2.24, 2.45) is 0 Å². The summed E-state index contributed by atoms with van der Waals surface area (Å²) in [7, 11) is 2.19. The maximum absolute atomic E-state index is 10.7. The molecule has 0 aromatic rings. The van der Waals surface area contributed by atoms with Gasteiger partial charge >= 0.3 is 5.97 Å². The standard InChI is InChI=1S/C13H26N2O2/c1-3-8-15(11-13(16)17)10-7-12-6-4-5-9-14(12)2/h12H,3-11H2,1-2H3,(H,16,17). The molecule has 1 unspecified atom stereocenters. The van der Waals surface area contributed by atoms with Crippen LogP contribution in [-0.4, -0.2) is 60.1 Å². The zero-order valence-corrected chi connectivity index (χ0v) is 11.2. The Hall–Kier alpha value is -0.610. The van der Waals surface area contributed by atoms with Gasteiger partial charge in [-0.05, 0) is 45.8 Å². The summed E-state index contributed by atoms with van der Waals surface area (Å²) in [6, 6.07) is 0.650. The number of hydrogen-bond acceptors (Lipinski definition) is 3. The average Bonchev–Trinajstić information content (AvgIpc) is 2.27. The quantitative estimate of drug-likeness (QED) is 0.737. The molecule has 1 fully saturated rings. The molecule has 4 nitrogen and oxygen atoms in total. The van der Waals surface area contributed by atoms with Gasteiger partial charge in [-0.2, -0.15) is 0 Å². The Labute approximate surface area is 105 Å². The van der Waals surface area contributed by atoms with Gasteiger partial charge in [-0.15, -0.1) is 0 Å². The highest BCUT2D eigenvalue weighted by Crippen LogP contribution is 2.18. The Bertz CT molecular complexity index is 233. The van der Waals surface area contributed by atoms with Gasteiger partial charge in [0.1, 0.15) is 0 Å². The maximum atomic E-state index is 10.7. The molecule has 1 aliphatic heterocycles. The van der Waals surface area contributed by atoms with Crippen molar-refractivity contribution in [2.45, 2.75) is 45.1 Å². The van der Waals surface area contributed by atoms with Gasteiger partial charge in [-0.25, -0.2) is 0 Å². The normalized spacial score (nSPS) is 21.9. The van der Waals surface area contributed by atoms with Crippen LogP contribution < -0.4 is 0 Å². The number of carbonyl (C=O) groups is 1. The third kappa shape index (κ3) is 5.50. The fraction of sp³-hybridized carbons (Fsp3) is 0.923. The van der Waals surface area contributed by atoms with E-state index in [4.69, 9.17) is 5.11 Å². The fourth-order valence-electron chi connectivity index (χ4n) is 2.62. The number of piperidine rings is 1. The molecule has 0 aliphatic carbocycles. The van der Waals surface area contributed by atoms with E-state index in [1.165, 1.54) is 25.8 Å². The van der Waals surface area contributed by atoms with E-state index in [9.17, 15) is 4.79 Å². The van der Waals surface area contributed by atoms with Crippen LogP contribution in [0.25, 0.3) is 0 Å². The van der Waals surface area contributed by atoms with Crippen molar-refractivity contribution < 1.29 is 9.90 Å². The van der Waals surface area contributed by atoms with Gasteiger partial charge in [-0.3, -0.25) is 9.69 Å². The lowest BCUT2D eigenvalue weighted by atomic mass is 10.00. The van der Waals surface area contributed by atoms with Crippen molar-refractivity contribution in [1.29, 1.82) is 0 Å². The second-order valence-electron chi connectivity index (χ2n) is 5.09. The first-order chi connectivity index (χ1) is 8.13.